The van der Waals surface area contributed by atoms with Crippen molar-refractivity contribution in [1.29, 1.82) is 0 Å². The number of hydrogen-bond acceptors (Lipinski definition) is 4. The van der Waals surface area contributed by atoms with E-state index in [-0.39, 0.29) is 5.92 Å². The molecule has 1 aliphatic heterocycles. The van der Waals surface area contributed by atoms with Gasteiger partial charge in [0.1, 0.15) is 5.75 Å². The van der Waals surface area contributed by atoms with Crippen LogP contribution in [0.5, 0.6) is 5.75 Å². The fraction of sp³-hybridized carbons (Fsp3) is 0.375. The Kier molecular flexibility index (Phi) is 3.64. The number of anilines is 1. The zero-order valence-corrected chi connectivity index (χ0v) is 12.0. The Balaban J connectivity index is 1.93. The van der Waals surface area contributed by atoms with Crippen molar-refractivity contribution in [2.45, 2.75) is 12.8 Å². The Morgan fingerprint density at radius 3 is 2.71 bits per heavy atom. The molecule has 0 radical (unpaired) electrons. The molecule has 0 bridgehead atoms. The predicted octanol–water partition coefficient (Wildman–Crippen LogP) is 2.54. The Morgan fingerprint density at radius 1 is 1.29 bits per heavy atom. The molecule has 1 N–H and O–H groups in total. The number of rotatable bonds is 3. The van der Waals surface area contributed by atoms with Gasteiger partial charge in [-0.05, 0) is 31.0 Å². The van der Waals surface area contributed by atoms with Crippen molar-refractivity contribution in [1.82, 2.24) is 4.98 Å². The standard InChI is InChI=1S/C16H18N2O3/c1-21-15-3-2-14(13-10-17-7-4-12(13)15)18-8-5-11(6-9-18)16(19)20/h2-4,7,10-11H,5-6,8-9H2,1H3,(H,19,20). The van der Waals surface area contributed by atoms with E-state index in [2.05, 4.69) is 9.88 Å². The number of methoxy groups -OCH3 is 1. The highest BCUT2D eigenvalue weighted by Gasteiger charge is 2.25. The number of pyridine rings is 1. The first kappa shape index (κ1) is 13.7. The molecule has 1 aromatic heterocycles. The summed E-state index contributed by atoms with van der Waals surface area (Å²) in [6, 6.07) is 5.94. The second kappa shape index (κ2) is 5.60. The number of carboxylic acids is 1. The van der Waals surface area contributed by atoms with E-state index >= 15 is 0 Å². The van der Waals surface area contributed by atoms with Crippen molar-refractivity contribution < 1.29 is 14.6 Å². The molecule has 0 saturated carbocycles. The molecule has 3 rings (SSSR count). The lowest BCUT2D eigenvalue weighted by molar-refractivity contribution is -0.142. The highest BCUT2D eigenvalue weighted by Crippen LogP contribution is 2.34. The van der Waals surface area contributed by atoms with Crippen molar-refractivity contribution in [3.63, 3.8) is 0 Å². The number of benzene rings is 1. The summed E-state index contributed by atoms with van der Waals surface area (Å²) in [6.45, 7) is 1.51. The molecule has 1 aliphatic rings. The van der Waals surface area contributed by atoms with Gasteiger partial charge in [-0.2, -0.15) is 0 Å². The SMILES string of the molecule is COc1ccc(N2CCC(C(=O)O)CC2)c2cnccc12. The first-order chi connectivity index (χ1) is 10.2. The number of piperidine rings is 1. The molecule has 0 amide bonds. The number of carboxylic acid groups (broad SMARTS) is 1. The Labute approximate surface area is 123 Å². The van der Waals surface area contributed by atoms with Gasteiger partial charge in [-0.3, -0.25) is 9.78 Å². The Morgan fingerprint density at radius 2 is 2.05 bits per heavy atom. The molecule has 0 unspecified atom stereocenters. The van der Waals surface area contributed by atoms with E-state index in [1.165, 1.54) is 0 Å². The van der Waals surface area contributed by atoms with E-state index in [1.807, 2.05) is 24.4 Å². The number of aromatic nitrogens is 1. The molecular weight excluding hydrogens is 268 g/mol. The fourth-order valence-corrected chi connectivity index (χ4v) is 2.97. The molecule has 0 atom stereocenters. The number of fused-ring (bicyclic) bond motifs is 1. The van der Waals surface area contributed by atoms with Gasteiger partial charge in [0.25, 0.3) is 0 Å². The van der Waals surface area contributed by atoms with Gasteiger partial charge in [-0.25, -0.2) is 0 Å². The van der Waals surface area contributed by atoms with Crippen LogP contribution in [0.1, 0.15) is 12.8 Å². The van der Waals surface area contributed by atoms with E-state index in [1.54, 1.807) is 13.3 Å². The lowest BCUT2D eigenvalue weighted by Crippen LogP contribution is -2.36. The molecule has 21 heavy (non-hydrogen) atoms. The molecule has 110 valence electrons. The van der Waals surface area contributed by atoms with Gasteiger partial charge in [-0.15, -0.1) is 0 Å². The van der Waals surface area contributed by atoms with Crippen molar-refractivity contribution in [2.24, 2.45) is 5.92 Å². The molecular formula is C16H18N2O3. The van der Waals surface area contributed by atoms with Crippen molar-refractivity contribution >= 4 is 22.4 Å². The van der Waals surface area contributed by atoms with Gasteiger partial charge in [-0.1, -0.05) is 0 Å². The summed E-state index contributed by atoms with van der Waals surface area (Å²) in [5.74, 6) is -0.0728. The van der Waals surface area contributed by atoms with Crippen LogP contribution in [0, 0.1) is 5.92 Å². The minimum atomic E-state index is -0.684. The number of aliphatic carboxylic acids is 1. The average Bonchev–Trinajstić information content (AvgIpc) is 2.54. The first-order valence-corrected chi connectivity index (χ1v) is 7.09. The Hall–Kier alpha value is -2.30. The maximum atomic E-state index is 11.0. The molecule has 1 aromatic carbocycles. The smallest absolute Gasteiger partial charge is 0.306 e. The molecule has 1 saturated heterocycles. The van der Waals surface area contributed by atoms with Crippen molar-refractivity contribution in [3.8, 4) is 5.75 Å². The highest BCUT2D eigenvalue weighted by atomic mass is 16.5. The number of ether oxygens (including phenoxy) is 1. The third-order valence-corrected chi connectivity index (χ3v) is 4.16. The summed E-state index contributed by atoms with van der Waals surface area (Å²) < 4.78 is 5.39. The fourth-order valence-electron chi connectivity index (χ4n) is 2.97. The summed E-state index contributed by atoms with van der Waals surface area (Å²) in [6.07, 6.45) is 4.97. The van der Waals surface area contributed by atoms with Crippen LogP contribution in [0.4, 0.5) is 5.69 Å². The molecule has 2 heterocycles. The minimum absolute atomic E-state index is 0.219. The van der Waals surface area contributed by atoms with Crippen molar-refractivity contribution in [3.05, 3.63) is 30.6 Å². The summed E-state index contributed by atoms with van der Waals surface area (Å²) >= 11 is 0. The van der Waals surface area contributed by atoms with Crippen LogP contribution >= 0.6 is 0 Å². The van der Waals surface area contributed by atoms with Crippen LogP contribution in [-0.2, 0) is 4.79 Å². The second-order valence-corrected chi connectivity index (χ2v) is 5.31. The minimum Gasteiger partial charge on any atom is -0.496 e. The maximum Gasteiger partial charge on any atom is 0.306 e. The van der Waals surface area contributed by atoms with Gasteiger partial charge in [0.05, 0.1) is 13.0 Å². The van der Waals surface area contributed by atoms with Crippen LogP contribution in [0.15, 0.2) is 30.6 Å². The third-order valence-electron chi connectivity index (χ3n) is 4.16. The molecule has 1 fully saturated rings. The lowest BCUT2D eigenvalue weighted by atomic mass is 9.96. The van der Waals surface area contributed by atoms with Gasteiger partial charge in [0, 0.05) is 41.9 Å². The highest BCUT2D eigenvalue weighted by molar-refractivity contribution is 5.97. The van der Waals surface area contributed by atoms with E-state index < -0.39 is 5.97 Å². The monoisotopic (exact) mass is 286 g/mol. The van der Waals surface area contributed by atoms with Crippen LogP contribution in [0.2, 0.25) is 0 Å². The molecule has 5 heteroatoms. The summed E-state index contributed by atoms with van der Waals surface area (Å²) in [5, 5.41) is 11.2. The zero-order chi connectivity index (χ0) is 14.8. The van der Waals surface area contributed by atoms with Crippen molar-refractivity contribution in [2.75, 3.05) is 25.1 Å². The van der Waals surface area contributed by atoms with Gasteiger partial charge < -0.3 is 14.7 Å². The van der Waals surface area contributed by atoms with Crippen LogP contribution in [-0.4, -0.2) is 36.3 Å². The number of hydrogen-bond donors (Lipinski definition) is 1. The normalized spacial score (nSPS) is 16.1. The predicted molar refractivity (Wildman–Crippen MR) is 80.9 cm³/mol. The summed E-state index contributed by atoms with van der Waals surface area (Å²) in [4.78, 5) is 17.5. The van der Waals surface area contributed by atoms with Gasteiger partial charge >= 0.3 is 5.97 Å². The third kappa shape index (κ3) is 2.51. The topological polar surface area (TPSA) is 62.7 Å². The molecule has 2 aromatic rings. The summed E-state index contributed by atoms with van der Waals surface area (Å²) in [7, 11) is 1.66. The Bertz CT molecular complexity index is 664. The molecule has 5 nitrogen and oxygen atoms in total. The van der Waals surface area contributed by atoms with Crippen LogP contribution < -0.4 is 9.64 Å². The number of carbonyl (C=O) groups is 1. The molecule has 0 aliphatic carbocycles. The number of nitrogens with zero attached hydrogens (tertiary/aromatic N) is 2. The quantitative estimate of drug-likeness (QED) is 0.939. The average molecular weight is 286 g/mol. The van der Waals surface area contributed by atoms with E-state index in [0.29, 0.717) is 12.8 Å². The second-order valence-electron chi connectivity index (χ2n) is 5.31. The van der Waals surface area contributed by atoms with Crippen LogP contribution in [0.25, 0.3) is 10.8 Å². The van der Waals surface area contributed by atoms with E-state index in [0.717, 1.165) is 35.3 Å². The molecule has 0 spiro atoms. The first-order valence-electron chi connectivity index (χ1n) is 7.09. The van der Waals surface area contributed by atoms with Gasteiger partial charge in [0.2, 0.25) is 0 Å². The maximum absolute atomic E-state index is 11.0. The summed E-state index contributed by atoms with van der Waals surface area (Å²) in [5.41, 5.74) is 1.10. The van der Waals surface area contributed by atoms with Crippen LogP contribution in [0.3, 0.4) is 0 Å². The lowest BCUT2D eigenvalue weighted by Gasteiger charge is -2.32. The van der Waals surface area contributed by atoms with E-state index in [4.69, 9.17) is 9.84 Å². The van der Waals surface area contributed by atoms with Gasteiger partial charge in [0.15, 0.2) is 0 Å². The van der Waals surface area contributed by atoms with E-state index in [9.17, 15) is 4.79 Å². The largest absolute Gasteiger partial charge is 0.496 e. The zero-order valence-electron chi connectivity index (χ0n) is 12.0.